The molecule has 108 valence electrons. The fourth-order valence-corrected chi connectivity index (χ4v) is 3.06. The van der Waals surface area contributed by atoms with E-state index in [1.165, 1.54) is 0 Å². The third-order valence-corrected chi connectivity index (χ3v) is 4.44. The van der Waals surface area contributed by atoms with Crippen LogP contribution in [0.25, 0.3) is 0 Å². The van der Waals surface area contributed by atoms with E-state index >= 15 is 0 Å². The van der Waals surface area contributed by atoms with E-state index in [1.54, 1.807) is 11.0 Å². The van der Waals surface area contributed by atoms with Crippen molar-refractivity contribution in [2.75, 3.05) is 5.32 Å². The summed E-state index contributed by atoms with van der Waals surface area (Å²) in [6.07, 6.45) is 3.02. The van der Waals surface area contributed by atoms with Gasteiger partial charge in [-0.15, -0.1) is 0 Å². The van der Waals surface area contributed by atoms with Crippen LogP contribution in [-0.4, -0.2) is 28.8 Å². The summed E-state index contributed by atoms with van der Waals surface area (Å²) in [4.78, 5) is 26.2. The molecular weight excluding hydrogens is 320 g/mol. The Hall–Kier alpha value is -1.36. The molecule has 1 saturated heterocycles. The molecule has 0 radical (unpaired) electrons. The normalized spacial score (nSPS) is 22.4. The zero-order valence-electron chi connectivity index (χ0n) is 11.7. The number of para-hydroxylation sites is 1. The van der Waals surface area contributed by atoms with Crippen LogP contribution in [0.5, 0.6) is 0 Å². The van der Waals surface area contributed by atoms with Crippen molar-refractivity contribution >= 4 is 33.4 Å². The van der Waals surface area contributed by atoms with E-state index in [-0.39, 0.29) is 12.1 Å². The number of hydrogen-bond donors (Lipinski definition) is 1. The number of anilines is 1. The lowest BCUT2D eigenvalue weighted by Gasteiger charge is -2.38. The van der Waals surface area contributed by atoms with Gasteiger partial charge in [0.2, 0.25) is 0 Å². The molecule has 4 nitrogen and oxygen atoms in total. The van der Waals surface area contributed by atoms with Crippen molar-refractivity contribution in [2.24, 2.45) is 0 Å². The van der Waals surface area contributed by atoms with E-state index in [4.69, 9.17) is 0 Å². The first-order valence-corrected chi connectivity index (χ1v) is 7.68. The van der Waals surface area contributed by atoms with E-state index in [9.17, 15) is 9.59 Å². The molecule has 1 N–H and O–H groups in total. The minimum atomic E-state index is -0.572. The monoisotopic (exact) mass is 338 g/mol. The molecule has 1 aromatic rings. The first-order chi connectivity index (χ1) is 9.50. The smallest absolute Gasteiger partial charge is 0.313 e. The zero-order valence-corrected chi connectivity index (χ0v) is 13.3. The summed E-state index contributed by atoms with van der Waals surface area (Å²) in [6, 6.07) is 7.50. The molecule has 1 heterocycles. The maximum atomic E-state index is 12.3. The summed E-state index contributed by atoms with van der Waals surface area (Å²) < 4.78 is 0.765. The number of carbonyl (C=O) groups is 2. The summed E-state index contributed by atoms with van der Waals surface area (Å²) in [7, 11) is 0. The fraction of sp³-hybridized carbons (Fsp3) is 0.467. The Labute approximate surface area is 127 Å². The van der Waals surface area contributed by atoms with Crippen molar-refractivity contribution in [3.8, 4) is 0 Å². The van der Waals surface area contributed by atoms with Gasteiger partial charge in [0.15, 0.2) is 0 Å². The zero-order chi connectivity index (χ0) is 14.7. The van der Waals surface area contributed by atoms with E-state index in [0.717, 1.165) is 23.7 Å². The third-order valence-electron chi connectivity index (χ3n) is 3.74. The van der Waals surface area contributed by atoms with Crippen molar-refractivity contribution in [2.45, 2.75) is 45.2 Å². The maximum absolute atomic E-state index is 12.3. The van der Waals surface area contributed by atoms with Gasteiger partial charge in [-0.1, -0.05) is 12.1 Å². The summed E-state index contributed by atoms with van der Waals surface area (Å²) in [5.41, 5.74) is 0.614. The van der Waals surface area contributed by atoms with E-state index in [2.05, 4.69) is 21.2 Å². The van der Waals surface area contributed by atoms with E-state index in [0.29, 0.717) is 5.69 Å². The molecule has 1 fully saturated rings. The van der Waals surface area contributed by atoms with Gasteiger partial charge < -0.3 is 10.2 Å². The number of rotatable bonds is 1. The Kier molecular flexibility index (Phi) is 4.81. The molecule has 0 bridgehead atoms. The molecule has 20 heavy (non-hydrogen) atoms. The summed E-state index contributed by atoms with van der Waals surface area (Å²) in [5.74, 6) is -1.02. The molecule has 1 aliphatic rings. The molecule has 1 aliphatic heterocycles. The van der Waals surface area contributed by atoms with Crippen molar-refractivity contribution in [1.29, 1.82) is 0 Å². The first-order valence-electron chi connectivity index (χ1n) is 6.89. The second-order valence-electron chi connectivity index (χ2n) is 5.28. The van der Waals surface area contributed by atoms with Crippen molar-refractivity contribution in [3.63, 3.8) is 0 Å². The molecule has 0 aromatic heterocycles. The van der Waals surface area contributed by atoms with Crippen LogP contribution in [0.1, 0.15) is 33.1 Å². The van der Waals surface area contributed by atoms with Gasteiger partial charge in [0.05, 0.1) is 5.69 Å². The van der Waals surface area contributed by atoms with Crippen LogP contribution in [-0.2, 0) is 9.59 Å². The summed E-state index contributed by atoms with van der Waals surface area (Å²) in [5, 5.41) is 2.67. The number of likely N-dealkylation sites (tertiary alicyclic amines) is 1. The van der Waals surface area contributed by atoms with Crippen molar-refractivity contribution < 1.29 is 9.59 Å². The van der Waals surface area contributed by atoms with Crippen LogP contribution in [0.15, 0.2) is 28.7 Å². The lowest BCUT2D eigenvalue weighted by molar-refractivity contribution is -0.147. The molecule has 1 aromatic carbocycles. The first kappa shape index (κ1) is 15.0. The van der Waals surface area contributed by atoms with Crippen molar-refractivity contribution in [3.05, 3.63) is 28.7 Å². The number of nitrogens with zero attached hydrogens (tertiary/aromatic N) is 1. The Morgan fingerprint density at radius 2 is 1.80 bits per heavy atom. The maximum Gasteiger partial charge on any atom is 0.313 e. The van der Waals surface area contributed by atoms with Crippen LogP contribution in [0.3, 0.4) is 0 Å². The SMILES string of the molecule is CC1CCCC(C)N1C(=O)C(=O)Nc1ccccc1Br. The highest BCUT2D eigenvalue weighted by Gasteiger charge is 2.32. The van der Waals surface area contributed by atoms with Gasteiger partial charge in [0.25, 0.3) is 0 Å². The van der Waals surface area contributed by atoms with Crippen molar-refractivity contribution in [1.82, 2.24) is 4.90 Å². The molecule has 0 aliphatic carbocycles. The number of nitrogens with one attached hydrogen (secondary N) is 1. The lowest BCUT2D eigenvalue weighted by atomic mass is 9.97. The van der Waals surface area contributed by atoms with Crippen LogP contribution in [0, 0.1) is 0 Å². The van der Waals surface area contributed by atoms with Gasteiger partial charge >= 0.3 is 11.8 Å². The molecule has 0 spiro atoms. The predicted octanol–water partition coefficient (Wildman–Crippen LogP) is 3.18. The quantitative estimate of drug-likeness (QED) is 0.799. The minimum Gasteiger partial charge on any atom is -0.329 e. The Morgan fingerprint density at radius 1 is 1.20 bits per heavy atom. The van der Waals surface area contributed by atoms with Crippen LogP contribution in [0.2, 0.25) is 0 Å². The average molecular weight is 339 g/mol. The Morgan fingerprint density at radius 3 is 2.40 bits per heavy atom. The van der Waals surface area contributed by atoms with Gasteiger partial charge in [-0.2, -0.15) is 0 Å². The fourth-order valence-electron chi connectivity index (χ4n) is 2.68. The Bertz CT molecular complexity index is 508. The molecule has 2 rings (SSSR count). The standard InChI is InChI=1S/C15H19BrN2O2/c1-10-6-5-7-11(2)18(10)15(20)14(19)17-13-9-4-3-8-12(13)16/h3-4,8-11H,5-7H2,1-2H3,(H,17,19). The number of benzene rings is 1. The van der Waals surface area contributed by atoms with Gasteiger partial charge in [0.1, 0.15) is 0 Å². The molecule has 5 heteroatoms. The molecule has 0 saturated carbocycles. The number of amides is 2. The van der Waals surface area contributed by atoms with Gasteiger partial charge in [-0.25, -0.2) is 0 Å². The molecular formula is C15H19BrN2O2. The second-order valence-corrected chi connectivity index (χ2v) is 6.13. The minimum absolute atomic E-state index is 0.121. The second kappa shape index (κ2) is 6.39. The number of carbonyl (C=O) groups excluding carboxylic acids is 2. The highest BCUT2D eigenvalue weighted by Crippen LogP contribution is 2.24. The van der Waals surface area contributed by atoms with Gasteiger partial charge in [-0.05, 0) is 61.2 Å². The van der Waals surface area contributed by atoms with Gasteiger partial charge in [-0.3, -0.25) is 9.59 Å². The van der Waals surface area contributed by atoms with E-state index in [1.807, 2.05) is 32.0 Å². The van der Waals surface area contributed by atoms with E-state index < -0.39 is 11.8 Å². The average Bonchev–Trinajstić information content (AvgIpc) is 2.41. The number of piperidine rings is 1. The summed E-state index contributed by atoms with van der Waals surface area (Å²) in [6.45, 7) is 4.00. The predicted molar refractivity (Wildman–Crippen MR) is 82.4 cm³/mol. The van der Waals surface area contributed by atoms with Gasteiger partial charge in [0, 0.05) is 16.6 Å². The number of hydrogen-bond acceptors (Lipinski definition) is 2. The van der Waals surface area contributed by atoms with Crippen LogP contribution < -0.4 is 5.32 Å². The topological polar surface area (TPSA) is 49.4 Å². The van der Waals surface area contributed by atoms with Crippen LogP contribution >= 0.6 is 15.9 Å². The lowest BCUT2D eigenvalue weighted by Crippen LogP contribution is -2.51. The largest absolute Gasteiger partial charge is 0.329 e. The number of halogens is 1. The highest BCUT2D eigenvalue weighted by atomic mass is 79.9. The summed E-state index contributed by atoms with van der Waals surface area (Å²) >= 11 is 3.35. The Balaban J connectivity index is 2.09. The van der Waals surface area contributed by atoms with Crippen LogP contribution in [0.4, 0.5) is 5.69 Å². The molecule has 2 unspecified atom stereocenters. The molecule has 2 atom stereocenters. The highest BCUT2D eigenvalue weighted by molar-refractivity contribution is 9.10. The molecule has 2 amide bonds. The third kappa shape index (κ3) is 3.20.